The predicted molar refractivity (Wildman–Crippen MR) is 93.1 cm³/mol. The summed E-state index contributed by atoms with van der Waals surface area (Å²) >= 11 is 0. The molecule has 2 aromatic rings. The Balaban J connectivity index is 0.00000210. The van der Waals surface area contributed by atoms with Crippen LogP contribution in [0.15, 0.2) is 66.2 Å². The zero-order valence-electron chi connectivity index (χ0n) is 13.7. The van der Waals surface area contributed by atoms with Gasteiger partial charge in [0.05, 0.1) is 11.4 Å². The van der Waals surface area contributed by atoms with Gasteiger partial charge in [-0.25, -0.2) is 5.01 Å². The molecule has 7 nitrogen and oxygen atoms in total. The number of hydrazine groups is 2. The highest BCUT2D eigenvalue weighted by molar-refractivity contribution is 5.84. The molecule has 4 rings (SSSR count). The third-order valence-electron chi connectivity index (χ3n) is 3.96. The van der Waals surface area contributed by atoms with Gasteiger partial charge in [0.25, 0.3) is 0 Å². The SMILES string of the molecule is NC1=CC2=C(O)N(c3ccc(OC(F)(F)F)cc3)NN2c2ccccc21.O. The molecule has 2 heterocycles. The lowest BCUT2D eigenvalue weighted by molar-refractivity contribution is -0.274. The van der Waals surface area contributed by atoms with Crippen LogP contribution < -0.4 is 26.0 Å². The van der Waals surface area contributed by atoms with E-state index in [-0.39, 0.29) is 17.1 Å². The molecule has 2 aromatic carbocycles. The average molecular weight is 380 g/mol. The summed E-state index contributed by atoms with van der Waals surface area (Å²) in [5.41, 5.74) is 11.9. The molecule has 2 aliphatic heterocycles. The maximum atomic E-state index is 12.3. The van der Waals surface area contributed by atoms with E-state index >= 15 is 0 Å². The van der Waals surface area contributed by atoms with Crippen molar-refractivity contribution < 1.29 is 28.5 Å². The first-order chi connectivity index (χ1) is 12.3. The number of fused-ring (bicyclic) bond motifs is 3. The van der Waals surface area contributed by atoms with Crippen molar-refractivity contribution in [1.82, 2.24) is 5.53 Å². The highest BCUT2D eigenvalue weighted by Crippen LogP contribution is 2.38. The van der Waals surface area contributed by atoms with E-state index in [1.165, 1.54) is 17.1 Å². The number of aliphatic hydroxyl groups excluding tert-OH is 1. The second-order valence-corrected chi connectivity index (χ2v) is 5.64. The highest BCUT2D eigenvalue weighted by atomic mass is 19.4. The number of anilines is 2. The number of aliphatic hydroxyl groups is 1. The van der Waals surface area contributed by atoms with Crippen molar-refractivity contribution in [3.63, 3.8) is 0 Å². The van der Waals surface area contributed by atoms with Gasteiger partial charge in [0, 0.05) is 11.3 Å². The number of benzene rings is 2. The van der Waals surface area contributed by atoms with Gasteiger partial charge in [-0.05, 0) is 36.4 Å². The van der Waals surface area contributed by atoms with Crippen LogP contribution in [0, 0.1) is 0 Å². The van der Waals surface area contributed by atoms with Gasteiger partial charge in [-0.15, -0.1) is 18.7 Å². The Kier molecular flexibility index (Phi) is 4.38. The second kappa shape index (κ2) is 6.41. The number of nitrogens with one attached hydrogen (secondary N) is 1. The van der Waals surface area contributed by atoms with Crippen LogP contribution in [0.3, 0.4) is 0 Å². The van der Waals surface area contributed by atoms with Crippen molar-refractivity contribution in [3.8, 4) is 5.75 Å². The summed E-state index contributed by atoms with van der Waals surface area (Å²) in [6.45, 7) is 0. The average Bonchev–Trinajstić information content (AvgIpc) is 2.92. The Labute approximate surface area is 151 Å². The summed E-state index contributed by atoms with van der Waals surface area (Å²) in [4.78, 5) is 0. The molecule has 0 bridgehead atoms. The van der Waals surface area contributed by atoms with Crippen LogP contribution in [-0.2, 0) is 0 Å². The van der Waals surface area contributed by atoms with E-state index in [1.54, 1.807) is 11.1 Å². The van der Waals surface area contributed by atoms with Gasteiger partial charge in [0.2, 0.25) is 5.88 Å². The fraction of sp³-hybridized carbons (Fsp3) is 0.0588. The van der Waals surface area contributed by atoms with Gasteiger partial charge >= 0.3 is 6.36 Å². The maximum Gasteiger partial charge on any atom is 0.573 e. The van der Waals surface area contributed by atoms with Crippen LogP contribution >= 0.6 is 0 Å². The lowest BCUT2D eigenvalue weighted by Crippen LogP contribution is -2.42. The van der Waals surface area contributed by atoms with Gasteiger partial charge in [0.1, 0.15) is 11.4 Å². The summed E-state index contributed by atoms with van der Waals surface area (Å²) < 4.78 is 40.6. The van der Waals surface area contributed by atoms with E-state index in [0.29, 0.717) is 17.1 Å². The topological polar surface area (TPSA) is 105 Å². The number of hydrogen-bond acceptors (Lipinski definition) is 6. The largest absolute Gasteiger partial charge is 0.573 e. The number of hydrogen-bond donors (Lipinski definition) is 3. The molecule has 0 fully saturated rings. The molecule has 0 saturated heterocycles. The summed E-state index contributed by atoms with van der Waals surface area (Å²) in [6, 6.07) is 12.5. The van der Waals surface area contributed by atoms with Crippen LogP contribution in [0.5, 0.6) is 5.75 Å². The molecule has 6 N–H and O–H groups in total. The van der Waals surface area contributed by atoms with E-state index < -0.39 is 6.36 Å². The maximum absolute atomic E-state index is 12.3. The van der Waals surface area contributed by atoms with Crippen LogP contribution in [0.1, 0.15) is 5.56 Å². The summed E-state index contributed by atoms with van der Waals surface area (Å²) in [5, 5.41) is 13.5. The van der Waals surface area contributed by atoms with Gasteiger partial charge in [-0.1, -0.05) is 18.2 Å². The van der Waals surface area contributed by atoms with Crippen molar-refractivity contribution >= 4 is 17.1 Å². The Morgan fingerprint density at radius 1 is 1.00 bits per heavy atom. The summed E-state index contributed by atoms with van der Waals surface area (Å²) in [5.74, 6) is -0.480. The standard InChI is InChI=1S/C17H13F3N4O2.H2O/c18-17(19,20)26-11-7-5-10(6-8-11)23-16(25)15-9-13(21)12-3-1-2-4-14(12)24(15)22-23;/h1-9,22,25H,21H2;1H2. The number of halogens is 3. The van der Waals surface area contributed by atoms with Gasteiger partial charge in [-0.3, -0.25) is 5.01 Å². The zero-order chi connectivity index (χ0) is 18.5. The minimum atomic E-state index is -4.76. The van der Waals surface area contributed by atoms with Crippen LogP contribution in [0.2, 0.25) is 0 Å². The minimum Gasteiger partial charge on any atom is -0.492 e. The number of allylic oxidation sites excluding steroid dienone is 1. The van der Waals surface area contributed by atoms with Gasteiger partial charge in [0.15, 0.2) is 0 Å². The Hall–Kier alpha value is -3.37. The monoisotopic (exact) mass is 380 g/mol. The quantitative estimate of drug-likeness (QED) is 0.740. The Morgan fingerprint density at radius 3 is 2.33 bits per heavy atom. The fourth-order valence-electron chi connectivity index (χ4n) is 2.84. The number of rotatable bonds is 2. The lowest BCUT2D eigenvalue weighted by atomic mass is 10.0. The van der Waals surface area contributed by atoms with E-state index in [4.69, 9.17) is 5.73 Å². The van der Waals surface area contributed by atoms with Crippen LogP contribution in [0.25, 0.3) is 5.70 Å². The predicted octanol–water partition coefficient (Wildman–Crippen LogP) is 2.55. The van der Waals surface area contributed by atoms with E-state index in [9.17, 15) is 18.3 Å². The van der Waals surface area contributed by atoms with Crippen molar-refractivity contribution in [2.45, 2.75) is 6.36 Å². The molecule has 2 aliphatic rings. The normalized spacial score (nSPS) is 15.7. The smallest absolute Gasteiger partial charge is 0.492 e. The summed E-state index contributed by atoms with van der Waals surface area (Å²) in [7, 11) is 0. The second-order valence-electron chi connectivity index (χ2n) is 5.64. The first-order valence-electron chi connectivity index (χ1n) is 7.56. The summed E-state index contributed by atoms with van der Waals surface area (Å²) in [6.07, 6.45) is -3.14. The first-order valence-corrected chi connectivity index (χ1v) is 7.56. The highest BCUT2D eigenvalue weighted by Gasteiger charge is 2.34. The molecule has 0 radical (unpaired) electrons. The third kappa shape index (κ3) is 3.23. The molecule has 0 amide bonds. The van der Waals surface area contributed by atoms with Gasteiger partial charge in [-0.2, -0.15) is 0 Å². The molecule has 0 aliphatic carbocycles. The van der Waals surface area contributed by atoms with Crippen LogP contribution in [-0.4, -0.2) is 16.9 Å². The van der Waals surface area contributed by atoms with Crippen molar-refractivity contribution in [2.75, 3.05) is 10.0 Å². The molecule has 0 unspecified atom stereocenters. The number of ether oxygens (including phenoxy) is 1. The molecule has 0 spiro atoms. The Bertz CT molecular complexity index is 926. The molecule has 0 aromatic heterocycles. The third-order valence-corrected chi connectivity index (χ3v) is 3.96. The fourth-order valence-corrected chi connectivity index (χ4v) is 2.84. The molecular formula is C17H15F3N4O3. The Morgan fingerprint density at radius 2 is 1.67 bits per heavy atom. The van der Waals surface area contributed by atoms with Crippen molar-refractivity contribution in [1.29, 1.82) is 0 Å². The molecular weight excluding hydrogens is 365 g/mol. The number of nitrogens with zero attached hydrogens (tertiary/aromatic N) is 2. The minimum absolute atomic E-state index is 0. The van der Waals surface area contributed by atoms with E-state index in [2.05, 4.69) is 10.3 Å². The molecule has 142 valence electrons. The molecule has 27 heavy (non-hydrogen) atoms. The van der Waals surface area contributed by atoms with E-state index in [0.717, 1.165) is 23.4 Å². The lowest BCUT2D eigenvalue weighted by Gasteiger charge is -2.28. The van der Waals surface area contributed by atoms with Crippen molar-refractivity contribution in [2.24, 2.45) is 5.73 Å². The number of nitrogens with two attached hydrogens (primary N) is 1. The van der Waals surface area contributed by atoms with Crippen molar-refractivity contribution in [3.05, 3.63) is 71.8 Å². The molecule has 0 saturated carbocycles. The molecule has 10 heteroatoms. The number of para-hydroxylation sites is 1. The first kappa shape index (κ1) is 18.4. The zero-order valence-corrected chi connectivity index (χ0v) is 13.7. The molecule has 0 atom stereocenters. The van der Waals surface area contributed by atoms with E-state index in [1.807, 2.05) is 24.3 Å². The number of alkyl halides is 3. The van der Waals surface area contributed by atoms with Crippen LogP contribution in [0.4, 0.5) is 24.5 Å². The van der Waals surface area contributed by atoms with Gasteiger partial charge < -0.3 is 21.1 Å².